The van der Waals surface area contributed by atoms with Crippen molar-refractivity contribution in [2.45, 2.75) is 148 Å². The fraction of sp³-hybridized carbons (Fsp3) is 0.659. The molecule has 0 aliphatic heterocycles. The number of carbonyl (C=O) groups is 2. The van der Waals surface area contributed by atoms with Gasteiger partial charge in [-0.3, -0.25) is 18.6 Å². The average Bonchev–Trinajstić information content (AvgIpc) is 3.11. The van der Waals surface area contributed by atoms with E-state index in [4.69, 9.17) is 24.3 Å². The highest BCUT2D eigenvalue weighted by atomic mass is 31.2. The molecule has 292 valence electrons. The highest BCUT2D eigenvalue weighted by Gasteiger charge is 2.25. The standard InChI is InChI=1S/C41H70NO8P/c1-3-5-7-9-11-13-15-17-18-19-20-22-23-25-27-29-31-33-40(43)47-37-39(38-49-51(45,46)48-36-35-42)50-41(44)34-32-30-28-26-24-21-16-14-12-10-8-6-4-2/h6,8,10,12,14,16-18,20,22,25,27,39H,3-5,7,9,11,13,15,19,21,23-24,26,28-38,42H2,1-2H3,(H,45,46)/b8-6+,12-10+,16-14+,18-17+,22-20+,27-25+. The number of allylic oxidation sites excluding steroid dienone is 12. The Morgan fingerprint density at radius 1 is 0.627 bits per heavy atom. The molecule has 0 aromatic heterocycles. The number of nitrogens with two attached hydrogens (primary N) is 1. The number of hydrogen-bond acceptors (Lipinski definition) is 8. The molecule has 10 heteroatoms. The molecular weight excluding hydrogens is 665 g/mol. The first kappa shape index (κ1) is 48.5. The highest BCUT2D eigenvalue weighted by molar-refractivity contribution is 7.47. The van der Waals surface area contributed by atoms with E-state index >= 15 is 0 Å². The first-order chi connectivity index (χ1) is 24.8. The van der Waals surface area contributed by atoms with Gasteiger partial charge in [-0.25, -0.2) is 4.57 Å². The Morgan fingerprint density at radius 3 is 1.82 bits per heavy atom. The maximum atomic E-state index is 12.5. The molecular formula is C41H70NO8P. The van der Waals surface area contributed by atoms with Crippen molar-refractivity contribution in [1.29, 1.82) is 0 Å². The third-order valence-corrected chi connectivity index (χ3v) is 8.62. The summed E-state index contributed by atoms with van der Waals surface area (Å²) in [4.78, 5) is 34.7. The van der Waals surface area contributed by atoms with E-state index in [0.29, 0.717) is 12.8 Å². The molecule has 2 atom stereocenters. The van der Waals surface area contributed by atoms with Gasteiger partial charge in [0.2, 0.25) is 0 Å². The second-order valence-electron chi connectivity index (χ2n) is 12.5. The maximum Gasteiger partial charge on any atom is 0.472 e. The van der Waals surface area contributed by atoms with Gasteiger partial charge in [0.15, 0.2) is 6.10 Å². The summed E-state index contributed by atoms with van der Waals surface area (Å²) < 4.78 is 32.6. The molecule has 3 N–H and O–H groups in total. The summed E-state index contributed by atoms with van der Waals surface area (Å²) in [6.45, 7) is 3.48. The Hall–Kier alpha value is -2.55. The van der Waals surface area contributed by atoms with Crippen molar-refractivity contribution in [2.75, 3.05) is 26.4 Å². The van der Waals surface area contributed by atoms with Crippen molar-refractivity contribution in [3.63, 3.8) is 0 Å². The van der Waals surface area contributed by atoms with E-state index in [-0.39, 0.29) is 32.6 Å². The molecule has 0 aromatic rings. The topological polar surface area (TPSA) is 134 Å². The van der Waals surface area contributed by atoms with Crippen molar-refractivity contribution < 1.29 is 37.6 Å². The molecule has 0 heterocycles. The summed E-state index contributed by atoms with van der Waals surface area (Å²) in [5.41, 5.74) is 5.33. The lowest BCUT2D eigenvalue weighted by molar-refractivity contribution is -0.161. The first-order valence-corrected chi connectivity index (χ1v) is 20.9. The molecule has 2 unspecified atom stereocenters. The van der Waals surface area contributed by atoms with Crippen LogP contribution in [0.3, 0.4) is 0 Å². The van der Waals surface area contributed by atoms with Crippen LogP contribution in [-0.4, -0.2) is 49.3 Å². The van der Waals surface area contributed by atoms with Crippen LogP contribution >= 0.6 is 7.82 Å². The second kappa shape index (κ2) is 37.2. The Bertz CT molecular complexity index is 1070. The number of ether oxygens (including phenoxy) is 2. The van der Waals surface area contributed by atoms with Crippen molar-refractivity contribution in [3.05, 3.63) is 72.9 Å². The number of rotatable bonds is 35. The van der Waals surface area contributed by atoms with Crippen LogP contribution in [0.1, 0.15) is 142 Å². The maximum absolute atomic E-state index is 12.5. The van der Waals surface area contributed by atoms with Gasteiger partial charge in [-0.2, -0.15) is 0 Å². The SMILES string of the molecule is CC/C=C/C=C/C=C/CCCCCCCC(=O)OC(COC(=O)CCC/C=C/C/C=C/C/C=C/CCCCCCCC)COP(=O)(O)OCCN. The van der Waals surface area contributed by atoms with Crippen LogP contribution in [0, 0.1) is 0 Å². The Labute approximate surface area is 310 Å². The van der Waals surface area contributed by atoms with Gasteiger partial charge in [0.25, 0.3) is 0 Å². The van der Waals surface area contributed by atoms with Gasteiger partial charge in [0.1, 0.15) is 6.61 Å². The van der Waals surface area contributed by atoms with Gasteiger partial charge in [0.05, 0.1) is 13.2 Å². The molecule has 0 bridgehead atoms. The molecule has 9 nitrogen and oxygen atoms in total. The molecule has 0 aliphatic rings. The predicted octanol–water partition coefficient (Wildman–Crippen LogP) is 10.7. The third kappa shape index (κ3) is 37.0. The summed E-state index contributed by atoms with van der Waals surface area (Å²) in [5.74, 6) is -0.923. The van der Waals surface area contributed by atoms with Gasteiger partial charge < -0.3 is 20.1 Å². The van der Waals surface area contributed by atoms with E-state index in [1.807, 2.05) is 24.3 Å². The molecule has 0 aromatic carbocycles. The van der Waals surface area contributed by atoms with E-state index in [0.717, 1.165) is 64.2 Å². The fourth-order valence-electron chi connectivity index (χ4n) is 4.77. The molecule has 0 aliphatic carbocycles. The summed E-state index contributed by atoms with van der Waals surface area (Å²) in [7, 11) is -4.39. The van der Waals surface area contributed by atoms with E-state index in [1.54, 1.807) is 0 Å². The van der Waals surface area contributed by atoms with Crippen LogP contribution < -0.4 is 5.73 Å². The van der Waals surface area contributed by atoms with Crippen LogP contribution in [0.25, 0.3) is 0 Å². The number of unbranched alkanes of at least 4 members (excludes halogenated alkanes) is 12. The smallest absolute Gasteiger partial charge is 0.462 e. The lowest BCUT2D eigenvalue weighted by atomic mass is 10.1. The molecule has 51 heavy (non-hydrogen) atoms. The number of hydrogen-bond donors (Lipinski definition) is 2. The van der Waals surface area contributed by atoms with Crippen LogP contribution in [0.15, 0.2) is 72.9 Å². The molecule has 0 saturated heterocycles. The van der Waals surface area contributed by atoms with Gasteiger partial charge in [-0.15, -0.1) is 0 Å². The monoisotopic (exact) mass is 735 g/mol. The number of carbonyl (C=O) groups excluding carboxylic acids is 2. The quantitative estimate of drug-likeness (QED) is 0.0214. The zero-order valence-corrected chi connectivity index (χ0v) is 32.7. The zero-order chi connectivity index (χ0) is 37.5. The largest absolute Gasteiger partial charge is 0.472 e. The van der Waals surface area contributed by atoms with E-state index < -0.39 is 32.5 Å². The van der Waals surface area contributed by atoms with Gasteiger partial charge in [-0.1, -0.05) is 138 Å². The third-order valence-electron chi connectivity index (χ3n) is 7.64. The van der Waals surface area contributed by atoms with Crippen LogP contribution in [0.2, 0.25) is 0 Å². The molecule has 0 amide bonds. The summed E-state index contributed by atoms with van der Waals surface area (Å²) in [6, 6.07) is 0. The van der Waals surface area contributed by atoms with E-state index in [9.17, 15) is 19.0 Å². The molecule has 0 fully saturated rings. The number of esters is 2. The van der Waals surface area contributed by atoms with Crippen molar-refractivity contribution >= 4 is 19.8 Å². The second-order valence-corrected chi connectivity index (χ2v) is 13.9. The van der Waals surface area contributed by atoms with Crippen molar-refractivity contribution in [3.8, 4) is 0 Å². The lowest BCUT2D eigenvalue weighted by Crippen LogP contribution is -2.29. The van der Waals surface area contributed by atoms with Gasteiger partial charge in [-0.05, 0) is 64.2 Å². The average molecular weight is 736 g/mol. The van der Waals surface area contributed by atoms with Gasteiger partial charge >= 0.3 is 19.8 Å². The van der Waals surface area contributed by atoms with Crippen LogP contribution in [-0.2, 0) is 32.7 Å². The van der Waals surface area contributed by atoms with E-state index in [2.05, 4.69) is 62.5 Å². The minimum absolute atomic E-state index is 0.0395. The molecule has 0 saturated carbocycles. The normalized spacial score (nSPS) is 14.2. The lowest BCUT2D eigenvalue weighted by Gasteiger charge is -2.19. The van der Waals surface area contributed by atoms with Crippen molar-refractivity contribution in [1.82, 2.24) is 0 Å². The van der Waals surface area contributed by atoms with Crippen LogP contribution in [0.4, 0.5) is 0 Å². The highest BCUT2D eigenvalue weighted by Crippen LogP contribution is 2.43. The first-order valence-electron chi connectivity index (χ1n) is 19.4. The number of phosphoric ester groups is 1. The van der Waals surface area contributed by atoms with Crippen molar-refractivity contribution in [2.24, 2.45) is 5.73 Å². The fourth-order valence-corrected chi connectivity index (χ4v) is 5.53. The minimum Gasteiger partial charge on any atom is -0.462 e. The summed E-state index contributed by atoms with van der Waals surface area (Å²) in [5, 5.41) is 0. The summed E-state index contributed by atoms with van der Waals surface area (Å²) >= 11 is 0. The molecule has 0 rings (SSSR count). The minimum atomic E-state index is -4.39. The molecule has 0 spiro atoms. The van der Waals surface area contributed by atoms with E-state index in [1.165, 1.54) is 38.5 Å². The Kier molecular flexibility index (Phi) is 35.4. The zero-order valence-electron chi connectivity index (χ0n) is 31.8. The summed E-state index contributed by atoms with van der Waals surface area (Å²) in [6.07, 6.45) is 43.7. The Morgan fingerprint density at radius 2 is 1.18 bits per heavy atom. The Balaban J connectivity index is 4.34. The number of phosphoric acid groups is 1. The van der Waals surface area contributed by atoms with Gasteiger partial charge in [0, 0.05) is 19.4 Å². The molecule has 0 radical (unpaired) electrons. The predicted molar refractivity (Wildman–Crippen MR) is 210 cm³/mol. The van der Waals surface area contributed by atoms with Crippen LogP contribution in [0.5, 0.6) is 0 Å².